The number of amides is 2. The van der Waals surface area contributed by atoms with Crippen molar-refractivity contribution in [3.05, 3.63) is 130 Å². The van der Waals surface area contributed by atoms with Crippen molar-refractivity contribution in [3.63, 3.8) is 0 Å². The normalized spacial score (nSPS) is 11.9. The number of sulfonamides is 1. The van der Waals surface area contributed by atoms with Crippen LogP contribution >= 0.6 is 23.2 Å². The summed E-state index contributed by atoms with van der Waals surface area (Å²) < 4.78 is 43.6. The number of nitrogens with zero attached hydrogens (tertiary/aromatic N) is 2. The van der Waals surface area contributed by atoms with E-state index in [1.165, 1.54) is 60.5 Å². The van der Waals surface area contributed by atoms with Crippen molar-refractivity contribution < 1.29 is 22.4 Å². The molecule has 0 bridgehead atoms. The SMILES string of the molecule is CNC(=O)[C@H](Cc1ccccc1)N(Cc1ccccc1F)C(=O)CN(c1cccc(Cl)c1Cl)S(=O)(=O)c1ccccc1. The predicted molar refractivity (Wildman–Crippen MR) is 162 cm³/mol. The van der Waals surface area contributed by atoms with Gasteiger partial charge in [-0.1, -0.05) is 96.0 Å². The van der Waals surface area contributed by atoms with Crippen molar-refractivity contribution in [3.8, 4) is 0 Å². The highest BCUT2D eigenvalue weighted by molar-refractivity contribution is 7.92. The maximum absolute atomic E-state index is 14.8. The van der Waals surface area contributed by atoms with Crippen molar-refractivity contribution in [1.82, 2.24) is 10.2 Å². The van der Waals surface area contributed by atoms with E-state index in [1.54, 1.807) is 48.5 Å². The van der Waals surface area contributed by atoms with Gasteiger partial charge in [0.15, 0.2) is 0 Å². The number of nitrogens with one attached hydrogen (secondary N) is 1. The van der Waals surface area contributed by atoms with Gasteiger partial charge in [-0.25, -0.2) is 12.8 Å². The molecule has 42 heavy (non-hydrogen) atoms. The van der Waals surface area contributed by atoms with E-state index < -0.39 is 40.2 Å². The number of anilines is 1. The van der Waals surface area contributed by atoms with Crippen LogP contribution in [0.3, 0.4) is 0 Å². The fourth-order valence-electron chi connectivity index (χ4n) is 4.45. The van der Waals surface area contributed by atoms with Crippen LogP contribution in [0, 0.1) is 5.82 Å². The Hall–Kier alpha value is -3.92. The van der Waals surface area contributed by atoms with Crippen LogP contribution in [-0.2, 0) is 32.6 Å². The Morgan fingerprint density at radius 3 is 2.12 bits per heavy atom. The van der Waals surface area contributed by atoms with Crippen molar-refractivity contribution in [2.75, 3.05) is 17.9 Å². The van der Waals surface area contributed by atoms with Crippen LogP contribution in [0.1, 0.15) is 11.1 Å². The van der Waals surface area contributed by atoms with E-state index >= 15 is 0 Å². The molecule has 4 rings (SSSR count). The number of carbonyl (C=O) groups is 2. The zero-order chi connectivity index (χ0) is 30.3. The van der Waals surface area contributed by atoms with Crippen LogP contribution in [0.25, 0.3) is 0 Å². The Balaban J connectivity index is 1.82. The average Bonchev–Trinajstić information content (AvgIpc) is 3.00. The van der Waals surface area contributed by atoms with Crippen LogP contribution in [0.4, 0.5) is 10.1 Å². The van der Waals surface area contributed by atoms with Crippen LogP contribution in [0.2, 0.25) is 10.0 Å². The summed E-state index contributed by atoms with van der Waals surface area (Å²) in [4.78, 5) is 28.6. The summed E-state index contributed by atoms with van der Waals surface area (Å²) in [6, 6.07) is 25.8. The number of halogens is 3. The van der Waals surface area contributed by atoms with Crippen LogP contribution < -0.4 is 9.62 Å². The van der Waals surface area contributed by atoms with Gasteiger partial charge in [0.05, 0.1) is 20.6 Å². The standard InChI is InChI=1S/C31H28Cl2FN3O4S/c1-35-31(39)28(19-22-11-4-2-5-12-22)36(20-23-13-8-9-17-26(23)34)29(38)21-37(27-18-10-16-25(32)30(27)33)42(40,41)24-14-6-3-7-15-24/h2-18,28H,19-21H2,1H3,(H,35,39)/t28-/m0/s1. The maximum Gasteiger partial charge on any atom is 0.264 e. The minimum Gasteiger partial charge on any atom is -0.357 e. The molecule has 4 aromatic rings. The molecule has 0 spiro atoms. The summed E-state index contributed by atoms with van der Waals surface area (Å²) in [5, 5.41) is 2.60. The number of hydrogen-bond donors (Lipinski definition) is 1. The Morgan fingerprint density at radius 1 is 0.857 bits per heavy atom. The molecule has 0 aliphatic carbocycles. The Labute approximate surface area is 254 Å². The Kier molecular flexibility index (Phi) is 10.2. The molecule has 0 aliphatic heterocycles. The van der Waals surface area contributed by atoms with Crippen LogP contribution in [-0.4, -0.2) is 44.8 Å². The van der Waals surface area contributed by atoms with Gasteiger partial charge >= 0.3 is 0 Å². The molecule has 1 N–H and O–H groups in total. The van der Waals surface area contributed by atoms with Gasteiger partial charge in [-0.2, -0.15) is 0 Å². The Morgan fingerprint density at radius 2 is 1.48 bits per heavy atom. The minimum atomic E-state index is -4.35. The highest BCUT2D eigenvalue weighted by atomic mass is 35.5. The Bertz CT molecular complexity index is 1660. The van der Waals surface area contributed by atoms with Gasteiger partial charge in [-0.15, -0.1) is 0 Å². The van der Waals surface area contributed by atoms with E-state index in [9.17, 15) is 22.4 Å². The lowest BCUT2D eigenvalue weighted by atomic mass is 10.0. The molecular formula is C31H28Cl2FN3O4S. The summed E-state index contributed by atoms with van der Waals surface area (Å²) in [6.45, 7) is -1.03. The third kappa shape index (κ3) is 7.10. The molecule has 0 heterocycles. The lowest BCUT2D eigenvalue weighted by Gasteiger charge is -2.34. The van der Waals surface area contributed by atoms with Gasteiger partial charge in [0.1, 0.15) is 18.4 Å². The van der Waals surface area contributed by atoms with E-state index in [4.69, 9.17) is 23.2 Å². The van der Waals surface area contributed by atoms with E-state index in [0.717, 1.165) is 9.87 Å². The molecular weight excluding hydrogens is 600 g/mol. The monoisotopic (exact) mass is 627 g/mol. The summed E-state index contributed by atoms with van der Waals surface area (Å²) in [5.41, 5.74) is 0.891. The molecule has 4 aromatic carbocycles. The van der Waals surface area contributed by atoms with Gasteiger partial charge < -0.3 is 10.2 Å². The summed E-state index contributed by atoms with van der Waals surface area (Å²) in [7, 11) is -2.91. The van der Waals surface area contributed by atoms with Crippen molar-refractivity contribution >= 4 is 50.7 Å². The van der Waals surface area contributed by atoms with Crippen molar-refractivity contribution in [2.45, 2.75) is 23.9 Å². The van der Waals surface area contributed by atoms with Crippen LogP contribution in [0.5, 0.6) is 0 Å². The van der Waals surface area contributed by atoms with E-state index in [0.29, 0.717) is 0 Å². The first-order valence-corrected chi connectivity index (χ1v) is 15.1. The van der Waals surface area contributed by atoms with E-state index in [-0.39, 0.29) is 39.2 Å². The molecule has 0 saturated carbocycles. The number of likely N-dealkylation sites (N-methyl/N-ethyl adjacent to an activating group) is 1. The molecule has 0 aromatic heterocycles. The number of hydrogen-bond acceptors (Lipinski definition) is 4. The molecule has 0 unspecified atom stereocenters. The molecule has 11 heteroatoms. The quantitative estimate of drug-likeness (QED) is 0.231. The molecule has 0 fully saturated rings. The predicted octanol–water partition coefficient (Wildman–Crippen LogP) is 5.71. The average molecular weight is 629 g/mol. The third-order valence-corrected chi connectivity index (χ3v) is 9.21. The topological polar surface area (TPSA) is 86.8 Å². The second-order valence-corrected chi connectivity index (χ2v) is 12.0. The maximum atomic E-state index is 14.8. The number of rotatable bonds is 11. The lowest BCUT2D eigenvalue weighted by molar-refractivity contribution is -0.139. The van der Waals surface area contributed by atoms with Gasteiger partial charge in [0, 0.05) is 25.6 Å². The first kappa shape index (κ1) is 31.0. The highest BCUT2D eigenvalue weighted by Crippen LogP contribution is 2.35. The fraction of sp³-hybridized carbons (Fsp3) is 0.161. The van der Waals surface area contributed by atoms with Gasteiger partial charge in [-0.3, -0.25) is 13.9 Å². The highest BCUT2D eigenvalue weighted by Gasteiger charge is 2.35. The molecule has 0 saturated heterocycles. The van der Waals surface area contributed by atoms with Gasteiger partial charge in [0.2, 0.25) is 11.8 Å². The number of carbonyl (C=O) groups excluding carboxylic acids is 2. The van der Waals surface area contributed by atoms with Crippen molar-refractivity contribution in [2.24, 2.45) is 0 Å². The third-order valence-electron chi connectivity index (χ3n) is 6.63. The van der Waals surface area contributed by atoms with Gasteiger partial charge in [-0.05, 0) is 35.9 Å². The smallest absolute Gasteiger partial charge is 0.264 e. The van der Waals surface area contributed by atoms with Crippen molar-refractivity contribution in [1.29, 1.82) is 0 Å². The minimum absolute atomic E-state index is 0.0215. The summed E-state index contributed by atoms with van der Waals surface area (Å²) >= 11 is 12.7. The molecule has 7 nitrogen and oxygen atoms in total. The summed E-state index contributed by atoms with van der Waals surface area (Å²) in [5.74, 6) is -1.82. The molecule has 1 atom stereocenters. The second kappa shape index (κ2) is 13.8. The van der Waals surface area contributed by atoms with E-state index in [1.807, 2.05) is 6.07 Å². The molecule has 2 amide bonds. The molecule has 0 radical (unpaired) electrons. The molecule has 218 valence electrons. The zero-order valence-corrected chi connectivity index (χ0v) is 24.9. The first-order valence-electron chi connectivity index (χ1n) is 12.9. The first-order chi connectivity index (χ1) is 20.1. The fourth-order valence-corrected chi connectivity index (χ4v) is 6.34. The number of benzene rings is 4. The van der Waals surface area contributed by atoms with Crippen LogP contribution in [0.15, 0.2) is 108 Å². The zero-order valence-electron chi connectivity index (χ0n) is 22.6. The second-order valence-electron chi connectivity index (χ2n) is 9.33. The largest absolute Gasteiger partial charge is 0.357 e. The van der Waals surface area contributed by atoms with E-state index in [2.05, 4.69) is 5.32 Å². The molecule has 0 aliphatic rings. The summed E-state index contributed by atoms with van der Waals surface area (Å²) in [6.07, 6.45) is 0.101. The lowest BCUT2D eigenvalue weighted by Crippen LogP contribution is -2.53. The van der Waals surface area contributed by atoms with Gasteiger partial charge in [0.25, 0.3) is 10.0 Å².